The molecule has 0 amide bonds. The first-order valence-corrected chi connectivity index (χ1v) is 5.37. The summed E-state index contributed by atoms with van der Waals surface area (Å²) in [6.07, 6.45) is 3.45. The Kier molecular flexibility index (Phi) is 8.22. The fraction of sp³-hybridized carbons (Fsp3) is 0.556. The summed E-state index contributed by atoms with van der Waals surface area (Å²) < 4.78 is 9.39. The average molecular weight is 265 g/mol. The first-order chi connectivity index (χ1) is 6.70. The van der Waals surface area contributed by atoms with Crippen LogP contribution in [0.5, 0.6) is 0 Å². The van der Waals surface area contributed by atoms with Gasteiger partial charge >= 0.3 is 11.9 Å². The van der Waals surface area contributed by atoms with Crippen LogP contribution >= 0.6 is 15.9 Å². The second-order valence-corrected chi connectivity index (χ2v) is 2.86. The minimum Gasteiger partial charge on any atom is -0.465 e. The number of halogens is 1. The van der Waals surface area contributed by atoms with Crippen LogP contribution in [0.2, 0.25) is 0 Å². The van der Waals surface area contributed by atoms with Crippen LogP contribution in [-0.2, 0) is 19.1 Å². The lowest BCUT2D eigenvalue weighted by Crippen LogP contribution is -2.06. The number of esters is 2. The summed E-state index contributed by atoms with van der Waals surface area (Å²) in [6.45, 7) is 2.38. The van der Waals surface area contributed by atoms with Gasteiger partial charge in [-0.15, -0.1) is 0 Å². The number of alkyl halides is 1. The highest BCUT2D eigenvalue weighted by Crippen LogP contribution is 1.90. The molecule has 0 radical (unpaired) electrons. The molecular formula is C9H13BrO4. The van der Waals surface area contributed by atoms with Gasteiger partial charge in [-0.3, -0.25) is 4.79 Å². The molecule has 0 aromatic carbocycles. The molecule has 4 nitrogen and oxygen atoms in total. The first kappa shape index (κ1) is 13.2. The molecule has 0 atom stereocenters. The van der Waals surface area contributed by atoms with Crippen molar-refractivity contribution in [2.75, 3.05) is 18.5 Å². The standard InChI is InChI=1S/C9H13BrO4/c1-2-13-8(11)5-3-4-6-14-9(12)7-10/h3,5H,2,4,6-7H2,1H3/b5-3+. The van der Waals surface area contributed by atoms with Crippen molar-refractivity contribution < 1.29 is 19.1 Å². The van der Waals surface area contributed by atoms with Gasteiger partial charge < -0.3 is 9.47 Å². The van der Waals surface area contributed by atoms with Crippen LogP contribution in [0.3, 0.4) is 0 Å². The Labute approximate surface area is 91.4 Å². The molecule has 0 aliphatic rings. The molecule has 14 heavy (non-hydrogen) atoms. The molecule has 5 heteroatoms. The molecule has 0 saturated carbocycles. The predicted octanol–water partition coefficient (Wildman–Crippen LogP) is 1.43. The van der Waals surface area contributed by atoms with Crippen LogP contribution in [-0.4, -0.2) is 30.5 Å². The number of carbonyl (C=O) groups excluding carboxylic acids is 2. The lowest BCUT2D eigenvalue weighted by Gasteiger charge is -1.98. The minimum atomic E-state index is -0.376. The molecule has 0 saturated heterocycles. The Hall–Kier alpha value is -0.840. The summed E-state index contributed by atoms with van der Waals surface area (Å²) in [5.41, 5.74) is 0. The highest BCUT2D eigenvalue weighted by atomic mass is 79.9. The number of carbonyl (C=O) groups is 2. The van der Waals surface area contributed by atoms with Crippen molar-refractivity contribution in [3.8, 4) is 0 Å². The average Bonchev–Trinajstić information content (AvgIpc) is 2.17. The van der Waals surface area contributed by atoms with Gasteiger partial charge in [0.25, 0.3) is 0 Å². The van der Waals surface area contributed by atoms with Crippen molar-refractivity contribution in [1.82, 2.24) is 0 Å². The molecule has 0 aliphatic carbocycles. The summed E-state index contributed by atoms with van der Waals surface area (Å²) in [6, 6.07) is 0. The number of rotatable bonds is 6. The third kappa shape index (κ3) is 7.79. The van der Waals surface area contributed by atoms with Crippen molar-refractivity contribution in [3.05, 3.63) is 12.2 Å². The van der Waals surface area contributed by atoms with Crippen LogP contribution in [0, 0.1) is 0 Å². The Balaban J connectivity index is 3.44. The summed E-state index contributed by atoms with van der Waals surface area (Å²) in [5.74, 6) is -0.686. The Morgan fingerprint density at radius 1 is 1.36 bits per heavy atom. The van der Waals surface area contributed by atoms with E-state index in [-0.39, 0.29) is 23.9 Å². The summed E-state index contributed by atoms with van der Waals surface area (Å²) in [5, 5.41) is 0.189. The van der Waals surface area contributed by atoms with Crippen molar-refractivity contribution in [3.63, 3.8) is 0 Å². The van der Waals surface area contributed by atoms with Gasteiger partial charge in [0, 0.05) is 12.5 Å². The molecule has 80 valence electrons. The van der Waals surface area contributed by atoms with Gasteiger partial charge in [0.1, 0.15) is 5.33 Å². The molecule has 0 N–H and O–H groups in total. The van der Waals surface area contributed by atoms with Crippen molar-refractivity contribution in [2.45, 2.75) is 13.3 Å². The zero-order valence-corrected chi connectivity index (χ0v) is 9.58. The zero-order valence-electron chi connectivity index (χ0n) is 7.99. The quantitative estimate of drug-likeness (QED) is 0.315. The summed E-state index contributed by atoms with van der Waals surface area (Å²) in [4.78, 5) is 21.4. The molecule has 0 aromatic rings. The molecule has 0 aliphatic heterocycles. The Morgan fingerprint density at radius 3 is 2.64 bits per heavy atom. The van der Waals surface area contributed by atoms with Gasteiger partial charge in [0.2, 0.25) is 0 Å². The molecule has 0 aromatic heterocycles. The van der Waals surface area contributed by atoms with E-state index < -0.39 is 0 Å². The number of hydrogen-bond donors (Lipinski definition) is 0. The third-order valence-electron chi connectivity index (χ3n) is 1.20. The second kappa shape index (κ2) is 8.74. The molecule has 0 spiro atoms. The van der Waals surface area contributed by atoms with Crippen LogP contribution < -0.4 is 0 Å². The van der Waals surface area contributed by atoms with Gasteiger partial charge in [-0.05, 0) is 6.92 Å². The van der Waals surface area contributed by atoms with Gasteiger partial charge in [-0.2, -0.15) is 0 Å². The van der Waals surface area contributed by atoms with Crippen molar-refractivity contribution in [2.24, 2.45) is 0 Å². The summed E-state index contributed by atoms with van der Waals surface area (Å²) in [7, 11) is 0. The highest BCUT2D eigenvalue weighted by Gasteiger charge is 1.97. The molecule has 0 rings (SSSR count). The van der Waals surface area contributed by atoms with Gasteiger partial charge in [-0.25, -0.2) is 4.79 Å². The highest BCUT2D eigenvalue weighted by molar-refractivity contribution is 9.09. The van der Waals surface area contributed by atoms with Crippen LogP contribution in [0.25, 0.3) is 0 Å². The first-order valence-electron chi connectivity index (χ1n) is 4.25. The van der Waals surface area contributed by atoms with Gasteiger partial charge in [0.15, 0.2) is 0 Å². The fourth-order valence-corrected chi connectivity index (χ4v) is 0.811. The van der Waals surface area contributed by atoms with E-state index in [1.54, 1.807) is 13.0 Å². The lowest BCUT2D eigenvalue weighted by atomic mass is 10.4. The topological polar surface area (TPSA) is 52.6 Å². The van der Waals surface area contributed by atoms with Crippen LogP contribution in [0.1, 0.15) is 13.3 Å². The van der Waals surface area contributed by atoms with Gasteiger partial charge in [-0.1, -0.05) is 22.0 Å². The van der Waals surface area contributed by atoms with E-state index >= 15 is 0 Å². The Bertz CT molecular complexity index is 213. The van der Waals surface area contributed by atoms with E-state index in [0.717, 1.165) is 0 Å². The number of ether oxygens (including phenoxy) is 2. The predicted molar refractivity (Wildman–Crippen MR) is 55.1 cm³/mol. The van der Waals surface area contributed by atoms with E-state index in [9.17, 15) is 9.59 Å². The smallest absolute Gasteiger partial charge is 0.330 e. The van der Waals surface area contributed by atoms with Crippen LogP contribution in [0.15, 0.2) is 12.2 Å². The molecule has 0 fully saturated rings. The Morgan fingerprint density at radius 2 is 2.07 bits per heavy atom. The maximum absolute atomic E-state index is 10.8. The third-order valence-corrected chi connectivity index (χ3v) is 1.66. The monoisotopic (exact) mass is 264 g/mol. The molecular weight excluding hydrogens is 252 g/mol. The SMILES string of the molecule is CCOC(=O)/C=C/CCOC(=O)CBr. The maximum Gasteiger partial charge on any atom is 0.330 e. The summed E-state index contributed by atoms with van der Waals surface area (Å²) >= 11 is 2.96. The minimum absolute atomic E-state index is 0.189. The maximum atomic E-state index is 10.8. The van der Waals surface area contributed by atoms with E-state index in [2.05, 4.69) is 20.7 Å². The van der Waals surface area contributed by atoms with Gasteiger partial charge in [0.05, 0.1) is 13.2 Å². The fourth-order valence-electron chi connectivity index (χ4n) is 0.649. The largest absolute Gasteiger partial charge is 0.465 e. The normalized spacial score (nSPS) is 10.1. The van der Waals surface area contributed by atoms with Crippen molar-refractivity contribution in [1.29, 1.82) is 0 Å². The van der Waals surface area contributed by atoms with Crippen LogP contribution in [0.4, 0.5) is 0 Å². The van der Waals surface area contributed by atoms with E-state index in [4.69, 9.17) is 4.74 Å². The lowest BCUT2D eigenvalue weighted by molar-refractivity contribution is -0.140. The molecule has 0 heterocycles. The second-order valence-electron chi connectivity index (χ2n) is 2.30. The van der Waals surface area contributed by atoms with Crippen molar-refractivity contribution >= 4 is 27.9 Å². The molecule has 0 bridgehead atoms. The zero-order chi connectivity index (χ0) is 10.8. The van der Waals surface area contributed by atoms with E-state index in [0.29, 0.717) is 13.0 Å². The van der Waals surface area contributed by atoms with E-state index in [1.807, 2.05) is 0 Å². The molecule has 0 unspecified atom stereocenters. The van der Waals surface area contributed by atoms with E-state index in [1.165, 1.54) is 6.08 Å². The number of hydrogen-bond acceptors (Lipinski definition) is 4.